The predicted octanol–water partition coefficient (Wildman–Crippen LogP) is 7.20. The Balaban J connectivity index is 1.13. The van der Waals surface area contributed by atoms with E-state index >= 15 is 0 Å². The molecule has 0 spiro atoms. The van der Waals surface area contributed by atoms with Crippen molar-refractivity contribution in [2.45, 2.75) is 57.1 Å². The fraction of sp³-hybridized carbons (Fsp3) is 0.379. The zero-order valence-corrected chi connectivity index (χ0v) is 21.4. The van der Waals surface area contributed by atoms with Crippen molar-refractivity contribution in [3.63, 3.8) is 0 Å². The van der Waals surface area contributed by atoms with E-state index in [1.807, 2.05) is 17.8 Å². The quantitative estimate of drug-likeness (QED) is 0.191. The predicted molar refractivity (Wildman–Crippen MR) is 147 cm³/mol. The smallest absolute Gasteiger partial charge is 0.166 e. The first kappa shape index (κ1) is 23.7. The highest BCUT2D eigenvalue weighted by atomic mass is 32.2. The van der Waals surface area contributed by atoms with E-state index in [0.717, 1.165) is 53.9 Å². The van der Waals surface area contributed by atoms with Gasteiger partial charge in [-0.05, 0) is 39.0 Å². The summed E-state index contributed by atoms with van der Waals surface area (Å²) >= 11 is 1.82. The number of hydrogen-bond acceptors (Lipinski definition) is 4. The maximum absolute atomic E-state index is 4.97. The maximum atomic E-state index is 4.97. The van der Waals surface area contributed by atoms with Crippen LogP contribution in [0.3, 0.4) is 0 Å². The molecule has 0 saturated carbocycles. The first-order valence-electron chi connectivity index (χ1n) is 12.9. The molecule has 0 unspecified atom stereocenters. The van der Waals surface area contributed by atoms with E-state index in [1.54, 1.807) is 0 Å². The summed E-state index contributed by atoms with van der Waals surface area (Å²) in [5.74, 6) is 2.23. The molecule has 1 aliphatic rings. The van der Waals surface area contributed by atoms with Crippen LogP contribution < -0.4 is 4.90 Å². The van der Waals surface area contributed by atoms with Gasteiger partial charge in [-0.25, -0.2) is 4.98 Å². The first-order chi connectivity index (χ1) is 17.3. The van der Waals surface area contributed by atoms with Crippen molar-refractivity contribution in [1.82, 2.24) is 19.7 Å². The van der Waals surface area contributed by atoms with Crippen molar-refractivity contribution < 1.29 is 0 Å². The Labute approximate surface area is 213 Å². The highest BCUT2D eigenvalue weighted by Gasteiger charge is 2.16. The lowest BCUT2D eigenvalue weighted by atomic mass is 10.1. The summed E-state index contributed by atoms with van der Waals surface area (Å²) in [7, 11) is 0. The molecule has 0 aliphatic carbocycles. The number of thioether (sulfide) groups is 1. The Hall–Kier alpha value is -2.99. The zero-order chi connectivity index (χ0) is 23.9. The normalized spacial score (nSPS) is 13.9. The van der Waals surface area contributed by atoms with Gasteiger partial charge in [0.2, 0.25) is 0 Å². The van der Waals surface area contributed by atoms with Crippen molar-refractivity contribution >= 4 is 17.6 Å². The Bertz CT molecular complexity index is 1140. The number of imidazole rings is 1. The molecule has 4 aromatic rings. The molecule has 1 aliphatic heterocycles. The molecule has 1 saturated heterocycles. The van der Waals surface area contributed by atoms with Gasteiger partial charge < -0.3 is 9.88 Å². The molecule has 5 rings (SSSR count). The molecule has 2 aromatic heterocycles. The maximum Gasteiger partial charge on any atom is 0.166 e. The van der Waals surface area contributed by atoms with Gasteiger partial charge in [-0.2, -0.15) is 5.10 Å². The molecule has 0 radical (unpaired) electrons. The molecule has 1 N–H and O–H groups in total. The van der Waals surface area contributed by atoms with Crippen LogP contribution in [0.4, 0.5) is 5.82 Å². The topological polar surface area (TPSA) is 49.7 Å². The van der Waals surface area contributed by atoms with Crippen molar-refractivity contribution in [1.29, 1.82) is 0 Å². The standard InChI is InChI=1S/C29H35N5S/c1-23-22-26(33-18-10-4-11-19-33)32-34(23)20-12-5-13-21-35-29-30-27(24-14-6-2-7-15-24)28(31-29)25-16-8-3-9-17-25/h2-3,6-9,14-17,22H,4-5,10-13,18-21H2,1H3,(H,30,31). The highest BCUT2D eigenvalue weighted by Crippen LogP contribution is 2.32. The van der Waals surface area contributed by atoms with E-state index in [0.29, 0.717) is 0 Å². The fourth-order valence-electron chi connectivity index (χ4n) is 4.74. The number of aryl methyl sites for hydroxylation is 2. The Kier molecular flexibility index (Phi) is 7.89. The molecule has 0 amide bonds. The number of benzene rings is 2. The number of unbranched alkanes of at least 4 members (excludes halogenated alkanes) is 2. The molecular formula is C29H35N5S. The summed E-state index contributed by atoms with van der Waals surface area (Å²) in [6, 6.07) is 23.2. The molecule has 3 heterocycles. The van der Waals surface area contributed by atoms with Gasteiger partial charge in [-0.15, -0.1) is 0 Å². The number of hydrogen-bond donors (Lipinski definition) is 1. The number of aromatic nitrogens is 4. The van der Waals surface area contributed by atoms with Gasteiger partial charge in [-0.1, -0.05) is 78.8 Å². The van der Waals surface area contributed by atoms with Gasteiger partial charge in [0.1, 0.15) is 0 Å². The molecule has 1 fully saturated rings. The van der Waals surface area contributed by atoms with Gasteiger partial charge in [-0.3, -0.25) is 4.68 Å². The van der Waals surface area contributed by atoms with E-state index in [1.165, 1.54) is 49.2 Å². The highest BCUT2D eigenvalue weighted by molar-refractivity contribution is 7.99. The largest absolute Gasteiger partial charge is 0.355 e. The third-order valence-electron chi connectivity index (χ3n) is 6.69. The zero-order valence-electron chi connectivity index (χ0n) is 20.6. The van der Waals surface area contributed by atoms with Crippen LogP contribution in [0.2, 0.25) is 0 Å². The summed E-state index contributed by atoms with van der Waals surface area (Å²) in [4.78, 5) is 11.0. The number of aromatic amines is 1. The molecule has 35 heavy (non-hydrogen) atoms. The second kappa shape index (κ2) is 11.6. The van der Waals surface area contributed by atoms with Gasteiger partial charge in [0.05, 0.1) is 11.4 Å². The van der Waals surface area contributed by atoms with Gasteiger partial charge >= 0.3 is 0 Å². The van der Waals surface area contributed by atoms with Gasteiger partial charge in [0.25, 0.3) is 0 Å². The number of H-pyrrole nitrogens is 1. The van der Waals surface area contributed by atoms with Crippen LogP contribution in [0, 0.1) is 6.92 Å². The minimum absolute atomic E-state index is 0.997. The summed E-state index contributed by atoms with van der Waals surface area (Å²) in [5.41, 5.74) is 5.71. The van der Waals surface area contributed by atoms with E-state index in [2.05, 4.69) is 82.2 Å². The van der Waals surface area contributed by atoms with Crippen LogP contribution in [0.1, 0.15) is 44.2 Å². The van der Waals surface area contributed by atoms with Crippen LogP contribution in [0.5, 0.6) is 0 Å². The summed E-state index contributed by atoms with van der Waals surface area (Å²) in [5, 5.41) is 5.89. The van der Waals surface area contributed by atoms with E-state index in [4.69, 9.17) is 10.1 Å². The molecule has 5 nitrogen and oxygen atoms in total. The second-order valence-electron chi connectivity index (χ2n) is 9.32. The van der Waals surface area contributed by atoms with Crippen molar-refractivity contribution in [2.24, 2.45) is 0 Å². The summed E-state index contributed by atoms with van der Waals surface area (Å²) in [6.07, 6.45) is 7.46. The third-order valence-corrected chi connectivity index (χ3v) is 7.65. The van der Waals surface area contributed by atoms with Crippen LogP contribution in [0.25, 0.3) is 22.5 Å². The Morgan fingerprint density at radius 3 is 2.31 bits per heavy atom. The van der Waals surface area contributed by atoms with Crippen LogP contribution in [-0.4, -0.2) is 38.6 Å². The van der Waals surface area contributed by atoms with Crippen molar-refractivity contribution in [3.05, 3.63) is 72.4 Å². The third kappa shape index (κ3) is 5.99. The van der Waals surface area contributed by atoms with Crippen molar-refractivity contribution in [3.8, 4) is 22.5 Å². The van der Waals surface area contributed by atoms with Crippen LogP contribution >= 0.6 is 11.8 Å². The number of piperidine rings is 1. The lowest BCUT2D eigenvalue weighted by Crippen LogP contribution is -2.29. The van der Waals surface area contributed by atoms with E-state index in [9.17, 15) is 0 Å². The minimum atomic E-state index is 0.997. The lowest BCUT2D eigenvalue weighted by molar-refractivity contribution is 0.532. The minimum Gasteiger partial charge on any atom is -0.355 e. The number of anilines is 1. The molecule has 2 aromatic carbocycles. The number of nitrogens with zero attached hydrogens (tertiary/aromatic N) is 4. The first-order valence-corrected chi connectivity index (χ1v) is 13.9. The Morgan fingerprint density at radius 1 is 0.857 bits per heavy atom. The Morgan fingerprint density at radius 2 is 1.57 bits per heavy atom. The summed E-state index contributed by atoms with van der Waals surface area (Å²) < 4.78 is 2.20. The van der Waals surface area contributed by atoms with Crippen molar-refractivity contribution in [2.75, 3.05) is 23.7 Å². The molecule has 0 atom stereocenters. The monoisotopic (exact) mass is 485 g/mol. The van der Waals surface area contributed by atoms with E-state index < -0.39 is 0 Å². The molecular weight excluding hydrogens is 450 g/mol. The van der Waals surface area contributed by atoms with Gasteiger partial charge in [0.15, 0.2) is 11.0 Å². The molecule has 0 bridgehead atoms. The summed E-state index contributed by atoms with van der Waals surface area (Å²) in [6.45, 7) is 5.49. The average molecular weight is 486 g/mol. The SMILES string of the molecule is Cc1cc(N2CCCCC2)nn1CCCCCSc1nc(-c2ccccc2)c(-c2ccccc2)[nH]1. The number of nitrogens with one attached hydrogen (secondary N) is 1. The second-order valence-corrected chi connectivity index (χ2v) is 10.4. The average Bonchev–Trinajstić information content (AvgIpc) is 3.51. The number of rotatable bonds is 10. The molecule has 6 heteroatoms. The fourth-order valence-corrected chi connectivity index (χ4v) is 5.62. The lowest BCUT2D eigenvalue weighted by Gasteiger charge is -2.26. The molecule has 182 valence electrons. The van der Waals surface area contributed by atoms with Crippen LogP contribution in [0.15, 0.2) is 71.9 Å². The van der Waals surface area contributed by atoms with E-state index in [-0.39, 0.29) is 0 Å². The van der Waals surface area contributed by atoms with Crippen LogP contribution in [-0.2, 0) is 6.54 Å². The van der Waals surface area contributed by atoms with Gasteiger partial charge in [0, 0.05) is 48.3 Å².